The Balaban J connectivity index is 1.87. The van der Waals surface area contributed by atoms with Crippen LogP contribution in [0.2, 0.25) is 5.02 Å². The number of allylic oxidation sites excluding steroid dienone is 2. The van der Waals surface area contributed by atoms with E-state index in [4.69, 9.17) is 23.2 Å². The highest BCUT2D eigenvalue weighted by molar-refractivity contribution is 6.33. The van der Waals surface area contributed by atoms with E-state index in [1.165, 1.54) is 12.1 Å². The van der Waals surface area contributed by atoms with E-state index in [2.05, 4.69) is 13.2 Å². The summed E-state index contributed by atoms with van der Waals surface area (Å²) >= 11 is 11.7. The molecule has 3 rings (SSSR count). The van der Waals surface area contributed by atoms with Gasteiger partial charge in [-0.2, -0.15) is 0 Å². The van der Waals surface area contributed by atoms with Gasteiger partial charge in [0, 0.05) is 25.2 Å². The molecule has 0 radical (unpaired) electrons. The lowest BCUT2D eigenvalue weighted by Gasteiger charge is -2.43. The summed E-state index contributed by atoms with van der Waals surface area (Å²) in [6.07, 6.45) is 1.43. The number of piperazine rings is 1. The largest absolute Gasteiger partial charge is 0.504 e. The van der Waals surface area contributed by atoms with Crippen LogP contribution in [0.5, 0.6) is 0 Å². The number of halogens is 4. The Morgan fingerprint density at radius 2 is 1.81 bits per heavy atom. The Hall–Kier alpha value is -2.05. The number of hydrogen-bond donors (Lipinski definition) is 1. The topological polar surface area (TPSA) is 43.8 Å². The van der Waals surface area contributed by atoms with E-state index in [0.717, 1.165) is 6.07 Å². The maximum Gasteiger partial charge on any atom is 0.255 e. The molecule has 27 heavy (non-hydrogen) atoms. The first kappa shape index (κ1) is 19.7. The second-order valence-electron chi connectivity index (χ2n) is 6.63. The average Bonchev–Trinajstić information content (AvgIpc) is 2.83. The smallest absolute Gasteiger partial charge is 0.255 e. The van der Waals surface area contributed by atoms with Gasteiger partial charge in [-0.15, -0.1) is 0 Å². The molecular formula is C19H18Cl2F2N2O2. The fourth-order valence-corrected chi connectivity index (χ4v) is 4.12. The summed E-state index contributed by atoms with van der Waals surface area (Å²) in [5.41, 5.74) is 0.128. The second-order valence-corrected chi connectivity index (χ2v) is 7.50. The van der Waals surface area contributed by atoms with Crippen molar-refractivity contribution in [2.45, 2.75) is 24.9 Å². The Morgan fingerprint density at radius 1 is 1.22 bits per heavy atom. The van der Waals surface area contributed by atoms with Crippen molar-refractivity contribution in [3.8, 4) is 0 Å². The molecule has 8 heteroatoms. The van der Waals surface area contributed by atoms with Gasteiger partial charge >= 0.3 is 0 Å². The quantitative estimate of drug-likeness (QED) is 0.569. The zero-order valence-corrected chi connectivity index (χ0v) is 15.9. The van der Waals surface area contributed by atoms with Gasteiger partial charge in [-0.25, -0.2) is 8.78 Å². The third-order valence-electron chi connectivity index (χ3n) is 4.93. The molecular weight excluding hydrogens is 397 g/mol. The minimum atomic E-state index is -0.812. The Bertz CT molecular complexity index is 842. The number of benzene rings is 1. The van der Waals surface area contributed by atoms with Crippen molar-refractivity contribution in [2.24, 2.45) is 0 Å². The Kier molecular flexibility index (Phi) is 5.49. The van der Waals surface area contributed by atoms with Crippen molar-refractivity contribution < 1.29 is 18.7 Å². The van der Waals surface area contributed by atoms with Crippen LogP contribution < -0.4 is 0 Å². The van der Waals surface area contributed by atoms with Gasteiger partial charge in [-0.1, -0.05) is 36.4 Å². The van der Waals surface area contributed by atoms with E-state index in [1.54, 1.807) is 9.80 Å². The van der Waals surface area contributed by atoms with Crippen LogP contribution in [-0.4, -0.2) is 46.0 Å². The summed E-state index contributed by atoms with van der Waals surface area (Å²) in [4.78, 5) is 16.2. The van der Waals surface area contributed by atoms with E-state index in [0.29, 0.717) is 25.9 Å². The third kappa shape index (κ3) is 3.69. The van der Waals surface area contributed by atoms with Gasteiger partial charge in [0.15, 0.2) is 5.76 Å². The first-order chi connectivity index (χ1) is 12.7. The molecule has 2 unspecified atom stereocenters. The first-order valence-electron chi connectivity index (χ1n) is 8.36. The SMILES string of the molecule is C=C(Cl)/C(O)=C(\C(=C)F)N1C2CCC1CN(C(=O)c1ccc(F)cc1Cl)C2. The fourth-order valence-electron chi connectivity index (χ4n) is 3.79. The zero-order chi connectivity index (χ0) is 19.9. The maximum absolute atomic E-state index is 14.1. The van der Waals surface area contributed by atoms with Crippen LogP contribution in [0, 0.1) is 5.82 Å². The maximum atomic E-state index is 14.1. The lowest BCUT2D eigenvalue weighted by Crippen LogP contribution is -2.55. The standard InChI is InChI=1S/C19H18Cl2F2N2O2/c1-10(20)18(26)17(11(2)22)25-13-4-5-14(25)9-24(8-13)19(27)15-6-3-12(23)7-16(15)21/h3,6-7,13-14,26H,1-2,4-5,8-9H2/b18-17-. The van der Waals surface area contributed by atoms with Crippen LogP contribution in [0.3, 0.4) is 0 Å². The number of amides is 1. The van der Waals surface area contributed by atoms with E-state index in [1.807, 2.05) is 0 Å². The van der Waals surface area contributed by atoms with Gasteiger partial charge in [0.1, 0.15) is 17.3 Å². The number of aliphatic hydroxyl groups excluding tert-OH is 1. The Labute approximate surface area is 166 Å². The number of nitrogens with zero attached hydrogens (tertiary/aromatic N) is 2. The van der Waals surface area contributed by atoms with Crippen molar-refractivity contribution in [1.29, 1.82) is 0 Å². The molecule has 0 spiro atoms. The number of hydrogen-bond acceptors (Lipinski definition) is 3. The number of fused-ring (bicyclic) bond motifs is 2. The summed E-state index contributed by atoms with van der Waals surface area (Å²) in [5.74, 6) is -2.10. The third-order valence-corrected chi connectivity index (χ3v) is 5.42. The number of aliphatic hydroxyl groups is 1. The molecule has 2 atom stereocenters. The molecule has 2 heterocycles. The normalized spacial score (nSPS) is 22.5. The molecule has 2 bridgehead atoms. The molecule has 0 aromatic heterocycles. The molecule has 1 aromatic rings. The van der Waals surface area contributed by atoms with E-state index < -0.39 is 17.4 Å². The van der Waals surface area contributed by atoms with Crippen LogP contribution in [0.15, 0.2) is 53.7 Å². The van der Waals surface area contributed by atoms with Crippen molar-refractivity contribution in [3.05, 3.63) is 70.1 Å². The molecule has 4 nitrogen and oxygen atoms in total. The fraction of sp³-hybridized carbons (Fsp3) is 0.316. The van der Waals surface area contributed by atoms with Gasteiger partial charge in [0.2, 0.25) is 0 Å². The van der Waals surface area contributed by atoms with Crippen LogP contribution in [0.25, 0.3) is 0 Å². The van der Waals surface area contributed by atoms with Gasteiger partial charge in [-0.05, 0) is 31.0 Å². The van der Waals surface area contributed by atoms with Gasteiger partial charge < -0.3 is 14.9 Å². The van der Waals surface area contributed by atoms with Crippen molar-refractivity contribution in [2.75, 3.05) is 13.1 Å². The number of carbonyl (C=O) groups excluding carboxylic acids is 1. The van der Waals surface area contributed by atoms with E-state index in [9.17, 15) is 18.7 Å². The minimum absolute atomic E-state index is 0.0450. The van der Waals surface area contributed by atoms with Crippen LogP contribution in [-0.2, 0) is 0 Å². The highest BCUT2D eigenvalue weighted by Gasteiger charge is 2.44. The Morgan fingerprint density at radius 3 is 2.30 bits per heavy atom. The summed E-state index contributed by atoms with van der Waals surface area (Å²) in [6.45, 7) is 7.34. The molecule has 144 valence electrons. The second kappa shape index (κ2) is 7.52. The van der Waals surface area contributed by atoms with E-state index >= 15 is 0 Å². The monoisotopic (exact) mass is 414 g/mol. The highest BCUT2D eigenvalue weighted by Crippen LogP contribution is 2.38. The first-order valence-corrected chi connectivity index (χ1v) is 9.11. The number of carbonyl (C=O) groups is 1. The molecule has 2 aliphatic heterocycles. The predicted octanol–water partition coefficient (Wildman–Crippen LogP) is 4.77. The van der Waals surface area contributed by atoms with Gasteiger partial charge in [-0.3, -0.25) is 4.79 Å². The number of rotatable bonds is 4. The van der Waals surface area contributed by atoms with Crippen LogP contribution >= 0.6 is 23.2 Å². The average molecular weight is 415 g/mol. The summed E-state index contributed by atoms with van der Waals surface area (Å²) in [6, 6.07) is 3.20. The molecule has 0 aliphatic carbocycles. The lowest BCUT2D eigenvalue weighted by atomic mass is 10.1. The van der Waals surface area contributed by atoms with Crippen molar-refractivity contribution in [3.63, 3.8) is 0 Å². The zero-order valence-electron chi connectivity index (χ0n) is 14.4. The predicted molar refractivity (Wildman–Crippen MR) is 101 cm³/mol. The number of likely N-dealkylation sites (tertiary alicyclic amines) is 1. The summed E-state index contributed by atoms with van der Waals surface area (Å²) in [7, 11) is 0. The van der Waals surface area contributed by atoms with Gasteiger partial charge in [0.25, 0.3) is 5.91 Å². The van der Waals surface area contributed by atoms with Crippen LogP contribution in [0.1, 0.15) is 23.2 Å². The van der Waals surface area contributed by atoms with Crippen LogP contribution in [0.4, 0.5) is 8.78 Å². The van der Waals surface area contributed by atoms with Gasteiger partial charge in [0.05, 0.1) is 15.6 Å². The molecule has 1 aromatic carbocycles. The highest BCUT2D eigenvalue weighted by atomic mass is 35.5. The molecule has 1 N–H and O–H groups in total. The molecule has 2 aliphatic rings. The lowest BCUT2D eigenvalue weighted by molar-refractivity contribution is 0.0531. The molecule has 2 saturated heterocycles. The summed E-state index contributed by atoms with van der Waals surface area (Å²) in [5, 5.41) is 10.0. The van der Waals surface area contributed by atoms with Crippen molar-refractivity contribution >= 4 is 29.1 Å². The summed E-state index contributed by atoms with van der Waals surface area (Å²) < 4.78 is 27.3. The van der Waals surface area contributed by atoms with E-state index in [-0.39, 0.29) is 39.3 Å². The molecule has 1 amide bonds. The molecule has 2 fully saturated rings. The van der Waals surface area contributed by atoms with Crippen molar-refractivity contribution in [1.82, 2.24) is 9.80 Å². The molecule has 0 saturated carbocycles. The minimum Gasteiger partial charge on any atom is -0.504 e.